The van der Waals surface area contributed by atoms with Crippen molar-refractivity contribution >= 4 is 11.8 Å². The van der Waals surface area contributed by atoms with Crippen molar-refractivity contribution in [3.8, 4) is 0 Å². The standard InChI is InChI=1S/C18H18O3/c1-2-3-8-13-11-7-12-15(18(20)21)16(13)17(19)14-9-5-4-6-10-14/h4-7,9-12H,2-3,8H2,1H3,(H,20,21). The van der Waals surface area contributed by atoms with Gasteiger partial charge in [-0.15, -0.1) is 0 Å². The van der Waals surface area contributed by atoms with Gasteiger partial charge in [-0.1, -0.05) is 55.8 Å². The molecule has 108 valence electrons. The van der Waals surface area contributed by atoms with Crippen molar-refractivity contribution in [2.45, 2.75) is 26.2 Å². The fraction of sp³-hybridized carbons (Fsp3) is 0.222. The molecule has 0 radical (unpaired) electrons. The molecule has 0 aliphatic rings. The van der Waals surface area contributed by atoms with Crippen LogP contribution in [0, 0.1) is 0 Å². The Labute approximate surface area is 124 Å². The summed E-state index contributed by atoms with van der Waals surface area (Å²) in [5, 5.41) is 9.36. The van der Waals surface area contributed by atoms with Gasteiger partial charge in [-0.25, -0.2) is 4.79 Å². The fourth-order valence-electron chi connectivity index (χ4n) is 2.36. The number of unbranched alkanes of at least 4 members (excludes halogenated alkanes) is 1. The number of aromatic carboxylic acids is 1. The first-order valence-electron chi connectivity index (χ1n) is 7.10. The number of carboxylic acid groups (broad SMARTS) is 1. The lowest BCUT2D eigenvalue weighted by atomic mass is 9.91. The van der Waals surface area contributed by atoms with Gasteiger partial charge in [0, 0.05) is 11.1 Å². The maximum Gasteiger partial charge on any atom is 0.336 e. The first-order valence-corrected chi connectivity index (χ1v) is 7.10. The molecule has 3 nitrogen and oxygen atoms in total. The molecule has 0 atom stereocenters. The van der Waals surface area contributed by atoms with Crippen molar-refractivity contribution in [2.24, 2.45) is 0 Å². The van der Waals surface area contributed by atoms with E-state index in [1.54, 1.807) is 30.3 Å². The van der Waals surface area contributed by atoms with Gasteiger partial charge in [-0.2, -0.15) is 0 Å². The Morgan fingerprint density at radius 3 is 2.33 bits per heavy atom. The average Bonchev–Trinajstić information content (AvgIpc) is 2.52. The Morgan fingerprint density at radius 2 is 1.71 bits per heavy atom. The van der Waals surface area contributed by atoms with Crippen molar-refractivity contribution in [1.29, 1.82) is 0 Å². The zero-order valence-corrected chi connectivity index (χ0v) is 12.0. The summed E-state index contributed by atoms with van der Waals surface area (Å²) >= 11 is 0. The number of ketones is 1. The first-order chi connectivity index (χ1) is 10.1. The van der Waals surface area contributed by atoms with E-state index in [2.05, 4.69) is 6.92 Å². The number of hydrogen-bond acceptors (Lipinski definition) is 2. The maximum atomic E-state index is 12.7. The van der Waals surface area contributed by atoms with Crippen LogP contribution in [0.3, 0.4) is 0 Å². The minimum absolute atomic E-state index is 0.0810. The van der Waals surface area contributed by atoms with Gasteiger partial charge in [-0.05, 0) is 24.5 Å². The molecule has 21 heavy (non-hydrogen) atoms. The molecular formula is C18H18O3. The molecule has 2 rings (SSSR count). The predicted molar refractivity (Wildman–Crippen MR) is 81.9 cm³/mol. The van der Waals surface area contributed by atoms with Crippen molar-refractivity contribution < 1.29 is 14.7 Å². The monoisotopic (exact) mass is 282 g/mol. The predicted octanol–water partition coefficient (Wildman–Crippen LogP) is 3.96. The average molecular weight is 282 g/mol. The molecule has 0 unspecified atom stereocenters. The van der Waals surface area contributed by atoms with E-state index >= 15 is 0 Å². The van der Waals surface area contributed by atoms with Gasteiger partial charge >= 0.3 is 5.97 Å². The topological polar surface area (TPSA) is 54.4 Å². The molecule has 0 bridgehead atoms. The molecule has 0 aromatic heterocycles. The molecule has 1 N–H and O–H groups in total. The normalized spacial score (nSPS) is 10.3. The highest BCUT2D eigenvalue weighted by atomic mass is 16.4. The van der Waals surface area contributed by atoms with Crippen molar-refractivity contribution in [3.63, 3.8) is 0 Å². The number of carbonyl (C=O) groups excluding carboxylic acids is 1. The van der Waals surface area contributed by atoms with Crippen molar-refractivity contribution in [3.05, 3.63) is 70.8 Å². The molecule has 2 aromatic carbocycles. The third-order valence-electron chi connectivity index (χ3n) is 3.44. The molecule has 0 saturated heterocycles. The highest BCUT2D eigenvalue weighted by Crippen LogP contribution is 2.21. The molecule has 0 heterocycles. The largest absolute Gasteiger partial charge is 0.478 e. The number of carbonyl (C=O) groups is 2. The first kappa shape index (κ1) is 15.0. The van der Waals surface area contributed by atoms with E-state index in [0.717, 1.165) is 18.4 Å². The zero-order valence-electron chi connectivity index (χ0n) is 12.0. The zero-order chi connectivity index (χ0) is 15.2. The molecule has 0 spiro atoms. The third kappa shape index (κ3) is 3.37. The Balaban J connectivity index is 2.53. The van der Waals surface area contributed by atoms with Crippen LogP contribution < -0.4 is 0 Å². The van der Waals surface area contributed by atoms with E-state index in [1.807, 2.05) is 12.1 Å². The Hall–Kier alpha value is -2.42. The van der Waals surface area contributed by atoms with E-state index in [9.17, 15) is 14.7 Å². The van der Waals surface area contributed by atoms with Crippen LogP contribution in [0.5, 0.6) is 0 Å². The molecule has 0 aliphatic heterocycles. The summed E-state index contributed by atoms with van der Waals surface area (Å²) in [5.74, 6) is -1.28. The SMILES string of the molecule is CCCCc1cccc(C(=O)O)c1C(=O)c1ccccc1. The number of aryl methyl sites for hydroxylation is 1. The molecule has 0 saturated carbocycles. The summed E-state index contributed by atoms with van der Waals surface area (Å²) in [5.41, 5.74) is 1.73. The fourth-order valence-corrected chi connectivity index (χ4v) is 2.36. The van der Waals surface area contributed by atoms with Crippen LogP contribution >= 0.6 is 0 Å². The summed E-state index contributed by atoms with van der Waals surface area (Å²) in [6, 6.07) is 13.9. The summed E-state index contributed by atoms with van der Waals surface area (Å²) in [4.78, 5) is 24.1. The molecule has 0 fully saturated rings. The Bertz CT molecular complexity index is 645. The second-order valence-electron chi connectivity index (χ2n) is 4.94. The van der Waals surface area contributed by atoms with Crippen LogP contribution in [0.25, 0.3) is 0 Å². The van der Waals surface area contributed by atoms with Crippen LogP contribution in [0.2, 0.25) is 0 Å². The van der Waals surface area contributed by atoms with Gasteiger partial charge in [-0.3, -0.25) is 4.79 Å². The van der Waals surface area contributed by atoms with E-state index in [1.165, 1.54) is 6.07 Å². The smallest absolute Gasteiger partial charge is 0.336 e. The van der Waals surface area contributed by atoms with Crippen LogP contribution in [0.15, 0.2) is 48.5 Å². The van der Waals surface area contributed by atoms with Gasteiger partial charge in [0.05, 0.1) is 5.56 Å². The van der Waals surface area contributed by atoms with Gasteiger partial charge < -0.3 is 5.11 Å². The lowest BCUT2D eigenvalue weighted by molar-refractivity contribution is 0.0692. The lowest BCUT2D eigenvalue weighted by Crippen LogP contribution is -2.13. The summed E-state index contributed by atoms with van der Waals surface area (Å²) in [6.45, 7) is 2.07. The molecular weight excluding hydrogens is 264 g/mol. The van der Waals surface area contributed by atoms with Gasteiger partial charge in [0.2, 0.25) is 0 Å². The van der Waals surface area contributed by atoms with Crippen molar-refractivity contribution in [2.75, 3.05) is 0 Å². The number of carboxylic acids is 1. The van der Waals surface area contributed by atoms with Crippen LogP contribution in [0.1, 0.15) is 51.6 Å². The van der Waals surface area contributed by atoms with E-state index in [4.69, 9.17) is 0 Å². The second-order valence-corrected chi connectivity index (χ2v) is 4.94. The Kier molecular flexibility index (Phi) is 4.88. The maximum absolute atomic E-state index is 12.7. The van der Waals surface area contributed by atoms with Crippen LogP contribution in [0.4, 0.5) is 0 Å². The summed E-state index contributed by atoms with van der Waals surface area (Å²) in [6.07, 6.45) is 2.64. The van der Waals surface area contributed by atoms with Gasteiger partial charge in [0.15, 0.2) is 5.78 Å². The highest BCUT2D eigenvalue weighted by molar-refractivity contribution is 6.15. The number of hydrogen-bond donors (Lipinski definition) is 1. The summed E-state index contributed by atoms with van der Waals surface area (Å²) < 4.78 is 0. The Morgan fingerprint density at radius 1 is 1.00 bits per heavy atom. The molecule has 0 amide bonds. The van der Waals surface area contributed by atoms with E-state index in [0.29, 0.717) is 17.5 Å². The highest BCUT2D eigenvalue weighted by Gasteiger charge is 2.21. The van der Waals surface area contributed by atoms with Gasteiger partial charge in [0.1, 0.15) is 0 Å². The molecule has 0 aliphatic carbocycles. The quantitative estimate of drug-likeness (QED) is 0.816. The number of benzene rings is 2. The lowest BCUT2D eigenvalue weighted by Gasteiger charge is -2.11. The summed E-state index contributed by atoms with van der Waals surface area (Å²) in [7, 11) is 0. The van der Waals surface area contributed by atoms with E-state index in [-0.39, 0.29) is 11.3 Å². The minimum Gasteiger partial charge on any atom is -0.478 e. The third-order valence-corrected chi connectivity index (χ3v) is 3.44. The molecule has 2 aromatic rings. The van der Waals surface area contributed by atoms with E-state index < -0.39 is 5.97 Å². The van der Waals surface area contributed by atoms with Crippen LogP contribution in [-0.4, -0.2) is 16.9 Å². The molecule has 3 heteroatoms. The van der Waals surface area contributed by atoms with Crippen LogP contribution in [-0.2, 0) is 6.42 Å². The van der Waals surface area contributed by atoms with Crippen molar-refractivity contribution in [1.82, 2.24) is 0 Å². The minimum atomic E-state index is -1.06. The van der Waals surface area contributed by atoms with Gasteiger partial charge in [0.25, 0.3) is 0 Å². The second kappa shape index (κ2) is 6.84. The number of rotatable bonds is 6.